The Morgan fingerprint density at radius 1 is 1.25 bits per heavy atom. The minimum Gasteiger partial charge on any atom is -1.00 e. The van der Waals surface area contributed by atoms with Crippen LogP contribution in [0.2, 0.25) is 0 Å². The van der Waals surface area contributed by atoms with Crippen molar-refractivity contribution < 1.29 is 49.0 Å². The summed E-state index contributed by atoms with van der Waals surface area (Å²) in [7, 11) is 0. The summed E-state index contributed by atoms with van der Waals surface area (Å²) in [6.07, 6.45) is 0. The zero-order chi connectivity index (χ0) is 0. The van der Waals surface area contributed by atoms with Gasteiger partial charge in [-0.1, -0.05) is 0 Å². The first-order valence-electron chi connectivity index (χ1n) is 0. The first-order chi connectivity index (χ1) is 0. The maximum Gasteiger partial charge on any atom is 2.00 e. The average Bonchev–Trinajstić information content (AvgIpc) is 0. The summed E-state index contributed by atoms with van der Waals surface area (Å²) in [5, 5.41) is 0. The van der Waals surface area contributed by atoms with Gasteiger partial charge in [0.2, 0.25) is 0 Å². The third-order valence-corrected chi connectivity index (χ3v) is 0. The first kappa shape index (κ1) is 24.0. The van der Waals surface area contributed by atoms with E-state index in [1.165, 1.54) is 0 Å². The fraction of sp³-hybridized carbons (Fsp3) is 0. The normalized spacial score (nSPS) is 0. The molecule has 0 atom stereocenters. The average molecular weight is 328 g/mol. The molecule has 0 bridgehead atoms. The van der Waals surface area contributed by atoms with Crippen LogP contribution >= 0.6 is 0 Å². The van der Waals surface area contributed by atoms with E-state index in [1.807, 2.05) is 0 Å². The predicted octanol–water partition coefficient (Wildman–Crippen LogP) is -0.317. The fourth-order valence-corrected chi connectivity index (χ4v) is 0. The second-order valence-corrected chi connectivity index (χ2v) is 0. The van der Waals surface area contributed by atoms with E-state index < -0.39 is 0 Å². The van der Waals surface area contributed by atoms with Crippen LogP contribution in [0.4, 0.5) is 0 Å². The van der Waals surface area contributed by atoms with E-state index in [0.717, 1.165) is 0 Å². The summed E-state index contributed by atoms with van der Waals surface area (Å²) >= 11 is 0. The van der Waals surface area contributed by atoms with Crippen LogP contribution in [0.1, 0.15) is 5.71 Å². The summed E-state index contributed by atoms with van der Waals surface area (Å²) in [5.41, 5.74) is 0. The van der Waals surface area contributed by atoms with E-state index >= 15 is 0 Å². The molecule has 0 saturated heterocycles. The molecule has 0 rings (SSSR count). The van der Waals surface area contributed by atoms with Crippen molar-refractivity contribution in [3.8, 4) is 0 Å². The smallest absolute Gasteiger partial charge is 1.00 e. The SMILES string of the molecule is [Ba+2].[Ca+2].[H-].[H-].[H-].[H-].[Mn].[Zr]. The topological polar surface area (TPSA) is 0 Å². The van der Waals surface area contributed by atoms with Crippen LogP contribution in [0.5, 0.6) is 0 Å². The summed E-state index contributed by atoms with van der Waals surface area (Å²) in [6, 6.07) is 0. The molecule has 0 aromatic rings. The van der Waals surface area contributed by atoms with E-state index in [-0.39, 0.29) is 136 Å². The molecule has 0 aromatic carbocycles. The zero-order valence-electron chi connectivity index (χ0n) is 6.29. The van der Waals surface area contributed by atoms with Gasteiger partial charge >= 0.3 is 86.6 Å². The minimum absolute atomic E-state index is 0. The first-order valence-corrected chi connectivity index (χ1v) is 0. The third-order valence-electron chi connectivity index (χ3n) is 0. The van der Waals surface area contributed by atoms with Crippen molar-refractivity contribution in [3.63, 3.8) is 0 Å². The van der Waals surface area contributed by atoms with Gasteiger partial charge < -0.3 is 5.71 Å². The Balaban J connectivity index is 0. The van der Waals surface area contributed by atoms with Gasteiger partial charge in [-0.15, -0.1) is 0 Å². The number of hydrogen-bond acceptors (Lipinski definition) is 0. The van der Waals surface area contributed by atoms with Crippen LogP contribution in [-0.2, 0) is 43.3 Å². The molecule has 0 N–H and O–H groups in total. The van der Waals surface area contributed by atoms with Gasteiger partial charge in [0.15, 0.2) is 0 Å². The molecule has 1 radical (unpaired) electrons. The van der Waals surface area contributed by atoms with Crippen molar-refractivity contribution in [2.75, 3.05) is 0 Å². The molecule has 0 aliphatic rings. The maximum absolute atomic E-state index is 0. The Morgan fingerprint density at radius 2 is 1.25 bits per heavy atom. The molecule has 0 spiro atoms. The Morgan fingerprint density at radius 3 is 1.25 bits per heavy atom. The van der Waals surface area contributed by atoms with E-state index in [4.69, 9.17) is 0 Å². The van der Waals surface area contributed by atoms with Crippen molar-refractivity contribution in [1.29, 1.82) is 0 Å². The van der Waals surface area contributed by atoms with Gasteiger partial charge in [-0.2, -0.15) is 0 Å². The second-order valence-electron chi connectivity index (χ2n) is 0. The quantitative estimate of drug-likeness (QED) is 0.535. The standard InChI is InChI=1S/Ba.Ca.Mn.Zr.4H/q2*+2;;;4*-1. The fourth-order valence-electron chi connectivity index (χ4n) is 0. The molecule has 0 aliphatic heterocycles. The van der Waals surface area contributed by atoms with Crippen LogP contribution in [0, 0.1) is 0 Å². The Hall–Kier alpha value is 4.23. The molecule has 4 heavy (non-hydrogen) atoms. The van der Waals surface area contributed by atoms with Crippen LogP contribution in [0.25, 0.3) is 0 Å². The van der Waals surface area contributed by atoms with Crippen molar-refractivity contribution in [2.45, 2.75) is 0 Å². The molecule has 0 unspecified atom stereocenters. The van der Waals surface area contributed by atoms with E-state index in [9.17, 15) is 0 Å². The third kappa shape index (κ3) is 9.53. The molecule has 19 valence electrons. The second kappa shape index (κ2) is 15.7. The number of rotatable bonds is 0. The van der Waals surface area contributed by atoms with Gasteiger partial charge in [-0.25, -0.2) is 0 Å². The Kier molecular flexibility index (Phi) is 94.2. The van der Waals surface area contributed by atoms with Gasteiger partial charge in [-0.05, 0) is 0 Å². The van der Waals surface area contributed by atoms with Crippen LogP contribution in [-0.4, -0.2) is 86.6 Å². The molecule has 0 heterocycles. The molecule has 0 aliphatic carbocycles. The minimum atomic E-state index is 0. The molecule has 4 heteroatoms. The summed E-state index contributed by atoms with van der Waals surface area (Å²) in [4.78, 5) is 0. The van der Waals surface area contributed by atoms with Gasteiger partial charge in [0, 0.05) is 43.3 Å². The molecular formula is H4BaCaMnZr. The van der Waals surface area contributed by atoms with E-state index in [1.54, 1.807) is 0 Å². The van der Waals surface area contributed by atoms with Crippen molar-refractivity contribution in [2.24, 2.45) is 0 Å². The Bertz CT molecular complexity index is 16.0. The van der Waals surface area contributed by atoms with E-state index in [0.29, 0.717) is 0 Å². The summed E-state index contributed by atoms with van der Waals surface area (Å²) < 4.78 is 0. The van der Waals surface area contributed by atoms with Gasteiger partial charge in [-0.3, -0.25) is 0 Å². The van der Waals surface area contributed by atoms with Crippen LogP contribution < -0.4 is 0 Å². The summed E-state index contributed by atoms with van der Waals surface area (Å²) in [6.45, 7) is 0. The number of hydrogen-bond donors (Lipinski definition) is 0. The maximum atomic E-state index is 0. The molecular weight excluding hydrogens is 324 g/mol. The van der Waals surface area contributed by atoms with Gasteiger partial charge in [0.25, 0.3) is 0 Å². The molecule has 0 amide bonds. The van der Waals surface area contributed by atoms with Gasteiger partial charge in [0.1, 0.15) is 0 Å². The molecule has 0 aromatic heterocycles. The Labute approximate surface area is 132 Å². The van der Waals surface area contributed by atoms with Crippen molar-refractivity contribution >= 4 is 86.6 Å². The zero-order valence-corrected chi connectivity index (χ0v) is 12.6. The molecule has 0 saturated carbocycles. The largest absolute Gasteiger partial charge is 2.00 e. The predicted molar refractivity (Wildman–Crippen MR) is 16.0 cm³/mol. The van der Waals surface area contributed by atoms with Crippen LogP contribution in [0.15, 0.2) is 0 Å². The van der Waals surface area contributed by atoms with Crippen molar-refractivity contribution in [1.82, 2.24) is 0 Å². The summed E-state index contributed by atoms with van der Waals surface area (Å²) in [5.74, 6) is 0. The van der Waals surface area contributed by atoms with Crippen molar-refractivity contribution in [3.05, 3.63) is 0 Å². The monoisotopic (exact) mass is 327 g/mol. The molecule has 0 fully saturated rings. The molecule has 0 nitrogen and oxygen atoms in total. The van der Waals surface area contributed by atoms with Crippen LogP contribution in [0.3, 0.4) is 0 Å². The van der Waals surface area contributed by atoms with E-state index in [2.05, 4.69) is 0 Å². The van der Waals surface area contributed by atoms with Gasteiger partial charge in [0.05, 0.1) is 0 Å².